The monoisotopic (exact) mass is 430 g/mol. The van der Waals surface area contributed by atoms with E-state index in [1.807, 2.05) is 31.3 Å². The standard InChI is InChI=1S/C24H31FN2O4/c1-15-18-9-10-26-13-20(18)19-8-7-17(11-21(19)31-15)30-14-16(12-24(5,6)25)27(22(28)29)23(2,3)4/h7-11,13,15-16H,12,14H2,1-6H3,(H,28,29). The molecule has 168 valence electrons. The molecule has 6 nitrogen and oxygen atoms in total. The maximum atomic E-state index is 14.5. The highest BCUT2D eigenvalue weighted by atomic mass is 19.1. The van der Waals surface area contributed by atoms with Crippen molar-refractivity contribution in [2.24, 2.45) is 0 Å². The lowest BCUT2D eigenvalue weighted by atomic mass is 9.95. The first kappa shape index (κ1) is 22.8. The molecule has 0 aliphatic carbocycles. The Morgan fingerprint density at radius 2 is 1.97 bits per heavy atom. The van der Waals surface area contributed by atoms with Gasteiger partial charge in [0.25, 0.3) is 0 Å². The van der Waals surface area contributed by atoms with Gasteiger partial charge in [0.05, 0.1) is 6.04 Å². The number of pyridine rings is 1. The largest absolute Gasteiger partial charge is 0.491 e. The molecule has 31 heavy (non-hydrogen) atoms. The van der Waals surface area contributed by atoms with Crippen LogP contribution in [0.15, 0.2) is 36.7 Å². The summed E-state index contributed by atoms with van der Waals surface area (Å²) in [5, 5.41) is 9.78. The zero-order valence-electron chi connectivity index (χ0n) is 19.0. The van der Waals surface area contributed by atoms with Crippen molar-refractivity contribution in [2.75, 3.05) is 6.61 Å². The van der Waals surface area contributed by atoms with Gasteiger partial charge in [-0.05, 0) is 59.7 Å². The number of rotatable bonds is 6. The molecule has 0 bridgehead atoms. The summed E-state index contributed by atoms with van der Waals surface area (Å²) in [5.41, 5.74) is 0.777. The average Bonchev–Trinajstić information content (AvgIpc) is 2.63. The van der Waals surface area contributed by atoms with Gasteiger partial charge in [-0.1, -0.05) is 0 Å². The smallest absolute Gasteiger partial charge is 0.408 e. The topological polar surface area (TPSA) is 71.9 Å². The molecule has 0 spiro atoms. The maximum Gasteiger partial charge on any atom is 0.408 e. The Labute approximate surface area is 183 Å². The van der Waals surface area contributed by atoms with E-state index < -0.39 is 23.3 Å². The molecule has 0 radical (unpaired) electrons. The van der Waals surface area contributed by atoms with Crippen LogP contribution >= 0.6 is 0 Å². The molecule has 1 aromatic carbocycles. The van der Waals surface area contributed by atoms with Crippen LogP contribution in [0.1, 0.15) is 59.6 Å². The second-order valence-electron chi connectivity index (χ2n) is 9.59. The summed E-state index contributed by atoms with van der Waals surface area (Å²) in [6.07, 6.45) is 2.37. The number of halogens is 1. The number of benzene rings is 1. The van der Waals surface area contributed by atoms with Crippen molar-refractivity contribution in [3.63, 3.8) is 0 Å². The van der Waals surface area contributed by atoms with Gasteiger partial charge in [0.1, 0.15) is 29.9 Å². The van der Waals surface area contributed by atoms with Crippen LogP contribution in [0, 0.1) is 0 Å². The van der Waals surface area contributed by atoms with Crippen LogP contribution in [0.2, 0.25) is 0 Å². The molecular formula is C24H31FN2O4. The Morgan fingerprint density at radius 3 is 2.58 bits per heavy atom. The van der Waals surface area contributed by atoms with Crippen molar-refractivity contribution in [1.29, 1.82) is 0 Å². The zero-order valence-corrected chi connectivity index (χ0v) is 19.0. The normalized spacial score (nSPS) is 16.5. The number of aromatic nitrogens is 1. The molecule has 2 atom stereocenters. The summed E-state index contributed by atoms with van der Waals surface area (Å²) in [5.74, 6) is 1.22. The highest BCUT2D eigenvalue weighted by molar-refractivity contribution is 5.75. The first-order valence-electron chi connectivity index (χ1n) is 10.5. The second-order valence-corrected chi connectivity index (χ2v) is 9.59. The van der Waals surface area contributed by atoms with E-state index >= 15 is 0 Å². The molecular weight excluding hydrogens is 399 g/mol. The van der Waals surface area contributed by atoms with Gasteiger partial charge >= 0.3 is 6.09 Å². The van der Waals surface area contributed by atoms with Crippen molar-refractivity contribution < 1.29 is 23.8 Å². The molecule has 0 saturated heterocycles. The number of hydrogen-bond donors (Lipinski definition) is 1. The molecule has 2 aromatic rings. The predicted octanol–water partition coefficient (Wildman–Crippen LogP) is 5.87. The Bertz CT molecular complexity index is 949. The minimum Gasteiger partial charge on any atom is -0.491 e. The second kappa shape index (κ2) is 8.36. The number of hydrogen-bond acceptors (Lipinski definition) is 4. The summed E-state index contributed by atoms with van der Waals surface area (Å²) < 4.78 is 26.5. The Kier molecular flexibility index (Phi) is 6.16. The molecule has 2 heterocycles. The lowest BCUT2D eigenvalue weighted by Gasteiger charge is -2.41. The average molecular weight is 431 g/mol. The Morgan fingerprint density at radius 1 is 1.26 bits per heavy atom. The van der Waals surface area contributed by atoms with Crippen LogP contribution < -0.4 is 9.47 Å². The van der Waals surface area contributed by atoms with Crippen LogP contribution in [0.3, 0.4) is 0 Å². The molecule has 0 fully saturated rings. The number of carbonyl (C=O) groups is 1. The summed E-state index contributed by atoms with van der Waals surface area (Å²) in [6.45, 7) is 10.3. The van der Waals surface area contributed by atoms with E-state index in [-0.39, 0.29) is 19.1 Å². The van der Waals surface area contributed by atoms with E-state index in [1.54, 1.807) is 33.0 Å². The molecule has 2 unspecified atom stereocenters. The molecule has 1 N–H and O–H groups in total. The fraction of sp³-hybridized carbons (Fsp3) is 0.500. The first-order valence-corrected chi connectivity index (χ1v) is 10.5. The molecule has 1 aliphatic heterocycles. The van der Waals surface area contributed by atoms with Gasteiger partial charge in [-0.3, -0.25) is 9.88 Å². The number of amides is 1. The van der Waals surface area contributed by atoms with Crippen molar-refractivity contribution >= 4 is 6.09 Å². The number of ether oxygens (including phenoxy) is 2. The zero-order chi connectivity index (χ0) is 23.0. The van der Waals surface area contributed by atoms with Gasteiger partial charge in [-0.15, -0.1) is 0 Å². The Balaban J connectivity index is 1.84. The van der Waals surface area contributed by atoms with Gasteiger partial charge in [0.2, 0.25) is 0 Å². The third kappa shape index (κ3) is 5.27. The maximum absolute atomic E-state index is 14.5. The quantitative estimate of drug-likeness (QED) is 0.621. The van der Waals surface area contributed by atoms with Gasteiger partial charge in [0, 0.05) is 47.1 Å². The molecule has 3 rings (SSSR count). The van der Waals surface area contributed by atoms with E-state index in [1.165, 1.54) is 18.7 Å². The number of alkyl halides is 1. The van der Waals surface area contributed by atoms with E-state index in [9.17, 15) is 14.3 Å². The fourth-order valence-corrected chi connectivity index (χ4v) is 4.12. The van der Waals surface area contributed by atoms with Crippen molar-refractivity contribution in [2.45, 2.75) is 71.3 Å². The minimum absolute atomic E-state index is 0.0219. The summed E-state index contributed by atoms with van der Waals surface area (Å²) in [6, 6.07) is 6.81. The SMILES string of the molecule is CC1Oc2cc(OCC(CC(C)(C)F)N(C(=O)O)C(C)(C)C)ccc2-c2cnccc21. The van der Waals surface area contributed by atoms with Crippen molar-refractivity contribution in [1.82, 2.24) is 9.88 Å². The third-order valence-electron chi connectivity index (χ3n) is 5.30. The predicted molar refractivity (Wildman–Crippen MR) is 117 cm³/mol. The molecule has 0 saturated carbocycles. The van der Waals surface area contributed by atoms with E-state index in [4.69, 9.17) is 9.47 Å². The fourth-order valence-electron chi connectivity index (χ4n) is 4.12. The van der Waals surface area contributed by atoms with E-state index in [0.717, 1.165) is 16.7 Å². The molecule has 1 aliphatic rings. The minimum atomic E-state index is -1.54. The Hall–Kier alpha value is -2.83. The highest BCUT2D eigenvalue weighted by Crippen LogP contribution is 2.43. The first-order chi connectivity index (χ1) is 14.4. The van der Waals surface area contributed by atoms with E-state index in [0.29, 0.717) is 11.5 Å². The summed E-state index contributed by atoms with van der Waals surface area (Å²) in [7, 11) is 0. The van der Waals surface area contributed by atoms with Crippen LogP contribution in [-0.4, -0.2) is 44.9 Å². The molecule has 1 amide bonds. The number of carboxylic acid groups (broad SMARTS) is 1. The molecule has 7 heteroatoms. The van der Waals surface area contributed by atoms with Crippen LogP contribution in [0.4, 0.5) is 9.18 Å². The van der Waals surface area contributed by atoms with Crippen LogP contribution in [0.25, 0.3) is 11.1 Å². The number of nitrogens with zero attached hydrogens (tertiary/aromatic N) is 2. The lowest BCUT2D eigenvalue weighted by molar-refractivity contribution is 0.0262. The molecule has 1 aromatic heterocycles. The summed E-state index contributed by atoms with van der Waals surface area (Å²) in [4.78, 5) is 17.4. The lowest BCUT2D eigenvalue weighted by Crippen LogP contribution is -2.54. The van der Waals surface area contributed by atoms with Crippen LogP contribution in [-0.2, 0) is 0 Å². The van der Waals surface area contributed by atoms with Gasteiger partial charge in [-0.2, -0.15) is 0 Å². The number of fused-ring (bicyclic) bond motifs is 3. The highest BCUT2D eigenvalue weighted by Gasteiger charge is 2.37. The summed E-state index contributed by atoms with van der Waals surface area (Å²) >= 11 is 0. The van der Waals surface area contributed by atoms with Crippen molar-refractivity contribution in [3.05, 3.63) is 42.2 Å². The van der Waals surface area contributed by atoms with Crippen molar-refractivity contribution in [3.8, 4) is 22.6 Å². The van der Waals surface area contributed by atoms with Gasteiger partial charge < -0.3 is 14.6 Å². The van der Waals surface area contributed by atoms with Crippen LogP contribution in [0.5, 0.6) is 11.5 Å². The van der Waals surface area contributed by atoms with Gasteiger partial charge in [0.15, 0.2) is 0 Å². The van der Waals surface area contributed by atoms with E-state index in [2.05, 4.69) is 4.98 Å². The third-order valence-corrected chi connectivity index (χ3v) is 5.30. The van der Waals surface area contributed by atoms with Gasteiger partial charge in [-0.25, -0.2) is 9.18 Å².